The summed E-state index contributed by atoms with van der Waals surface area (Å²) in [5.41, 5.74) is 1.96. The lowest BCUT2D eigenvalue weighted by Gasteiger charge is -2.11. The van der Waals surface area contributed by atoms with Crippen molar-refractivity contribution in [3.05, 3.63) is 53.0 Å². The average molecular weight is 342 g/mol. The number of hydrogen-bond acceptors (Lipinski definition) is 3. The molecule has 0 saturated carbocycles. The summed E-state index contributed by atoms with van der Waals surface area (Å²) in [5, 5.41) is 14.4. The van der Waals surface area contributed by atoms with Crippen molar-refractivity contribution in [3.8, 4) is 11.3 Å². The van der Waals surface area contributed by atoms with Crippen LogP contribution in [0.2, 0.25) is 0 Å². The molecule has 3 nitrogen and oxygen atoms in total. The van der Waals surface area contributed by atoms with E-state index in [1.807, 2.05) is 30.3 Å². The van der Waals surface area contributed by atoms with Gasteiger partial charge in [-0.2, -0.15) is 0 Å². The van der Waals surface area contributed by atoms with Gasteiger partial charge in [-0.15, -0.1) is 10.2 Å². The highest BCUT2D eigenvalue weighted by Gasteiger charge is 2.12. The van der Waals surface area contributed by atoms with Crippen molar-refractivity contribution in [3.63, 3.8) is 0 Å². The topological polar surface area (TPSA) is 37.8 Å². The molecular weight excluding hydrogens is 326 g/mol. The first-order valence-corrected chi connectivity index (χ1v) is 7.84. The van der Waals surface area contributed by atoms with Crippen molar-refractivity contribution in [2.24, 2.45) is 0 Å². The molecule has 0 unspecified atom stereocenters. The fourth-order valence-electron chi connectivity index (χ4n) is 2.33. The van der Waals surface area contributed by atoms with E-state index < -0.39 is 0 Å². The summed E-state index contributed by atoms with van der Waals surface area (Å²) in [4.78, 5) is 0. The first-order chi connectivity index (χ1) is 10.3. The minimum atomic E-state index is 0.850. The van der Waals surface area contributed by atoms with Crippen LogP contribution in [0.4, 0.5) is 5.82 Å². The Hall–Kier alpha value is -1.94. The lowest BCUT2D eigenvalue weighted by Crippen LogP contribution is -2.04. The number of nitrogens with zero attached hydrogens (tertiary/aromatic N) is 2. The summed E-state index contributed by atoms with van der Waals surface area (Å²) >= 11 is 3.60. The quantitative estimate of drug-likeness (QED) is 0.734. The zero-order valence-corrected chi connectivity index (χ0v) is 13.4. The summed E-state index contributed by atoms with van der Waals surface area (Å²) in [6.45, 7) is 3.03. The van der Waals surface area contributed by atoms with Crippen molar-refractivity contribution in [1.82, 2.24) is 10.2 Å². The van der Waals surface area contributed by atoms with Crippen LogP contribution in [0.15, 0.2) is 53.0 Å². The predicted molar refractivity (Wildman–Crippen MR) is 91.5 cm³/mol. The number of anilines is 1. The molecule has 1 heterocycles. The van der Waals surface area contributed by atoms with E-state index >= 15 is 0 Å². The molecule has 0 radical (unpaired) electrons. The number of benzene rings is 2. The maximum absolute atomic E-state index is 4.45. The monoisotopic (exact) mass is 341 g/mol. The van der Waals surface area contributed by atoms with Gasteiger partial charge in [0.1, 0.15) is 5.69 Å². The molecule has 0 atom stereocenters. The minimum Gasteiger partial charge on any atom is -0.368 e. The molecule has 106 valence electrons. The van der Waals surface area contributed by atoms with Crippen LogP contribution in [-0.4, -0.2) is 16.7 Å². The Bertz CT molecular complexity index is 771. The largest absolute Gasteiger partial charge is 0.368 e. The Labute approximate surface area is 132 Å². The number of fused-ring (bicyclic) bond motifs is 1. The van der Waals surface area contributed by atoms with Crippen LogP contribution >= 0.6 is 15.9 Å². The van der Waals surface area contributed by atoms with Crippen LogP contribution < -0.4 is 5.32 Å². The maximum Gasteiger partial charge on any atom is 0.156 e. The lowest BCUT2D eigenvalue weighted by molar-refractivity contribution is 0.952. The second-order valence-corrected chi connectivity index (χ2v) is 5.70. The van der Waals surface area contributed by atoms with Crippen LogP contribution in [-0.2, 0) is 0 Å². The van der Waals surface area contributed by atoms with Gasteiger partial charge in [-0.3, -0.25) is 0 Å². The molecular formula is C17H16BrN3. The Morgan fingerprint density at radius 2 is 1.67 bits per heavy atom. The van der Waals surface area contributed by atoms with Crippen molar-refractivity contribution >= 4 is 32.5 Å². The molecule has 1 aromatic heterocycles. The third kappa shape index (κ3) is 2.76. The van der Waals surface area contributed by atoms with E-state index in [1.165, 1.54) is 0 Å². The smallest absolute Gasteiger partial charge is 0.156 e. The molecule has 4 heteroatoms. The number of halogens is 1. The highest BCUT2D eigenvalue weighted by atomic mass is 79.9. The third-order valence-electron chi connectivity index (χ3n) is 3.36. The van der Waals surface area contributed by atoms with Crippen LogP contribution in [0.5, 0.6) is 0 Å². The highest BCUT2D eigenvalue weighted by molar-refractivity contribution is 9.10. The standard InChI is InChI=1S/C17H16BrN3/c1-2-11-19-17-13-8-4-3-7-12(13)16(20-21-17)14-9-5-6-10-15(14)18/h3-10H,2,11H2,1H3,(H,19,21). The maximum atomic E-state index is 4.45. The molecule has 0 aliphatic rings. The molecule has 1 N–H and O–H groups in total. The van der Waals surface area contributed by atoms with Gasteiger partial charge >= 0.3 is 0 Å². The van der Waals surface area contributed by atoms with E-state index in [4.69, 9.17) is 0 Å². The van der Waals surface area contributed by atoms with Crippen molar-refractivity contribution in [1.29, 1.82) is 0 Å². The minimum absolute atomic E-state index is 0.850. The lowest BCUT2D eigenvalue weighted by atomic mass is 10.0. The molecule has 3 aromatic rings. The first-order valence-electron chi connectivity index (χ1n) is 7.05. The Kier molecular flexibility index (Phi) is 4.15. The van der Waals surface area contributed by atoms with Gasteiger partial charge in [-0.05, 0) is 12.5 Å². The number of aromatic nitrogens is 2. The van der Waals surface area contributed by atoms with Crippen LogP contribution in [0.1, 0.15) is 13.3 Å². The van der Waals surface area contributed by atoms with E-state index in [1.54, 1.807) is 0 Å². The fourth-order valence-corrected chi connectivity index (χ4v) is 2.80. The third-order valence-corrected chi connectivity index (χ3v) is 4.05. The molecule has 2 aromatic carbocycles. The molecule has 0 aliphatic carbocycles. The summed E-state index contributed by atoms with van der Waals surface area (Å²) in [6.07, 6.45) is 1.06. The SMILES string of the molecule is CCCNc1nnc(-c2ccccc2Br)c2ccccc12. The first kappa shape index (κ1) is 14.0. The molecule has 3 rings (SSSR count). The average Bonchev–Trinajstić information content (AvgIpc) is 2.53. The zero-order valence-electron chi connectivity index (χ0n) is 11.8. The van der Waals surface area contributed by atoms with Gasteiger partial charge in [-0.1, -0.05) is 65.3 Å². The molecule has 0 bridgehead atoms. The van der Waals surface area contributed by atoms with Crippen molar-refractivity contribution in [2.75, 3.05) is 11.9 Å². The number of rotatable bonds is 4. The van der Waals surface area contributed by atoms with Gasteiger partial charge < -0.3 is 5.32 Å². The summed E-state index contributed by atoms with van der Waals surface area (Å²) in [5.74, 6) is 0.850. The van der Waals surface area contributed by atoms with E-state index in [0.29, 0.717) is 0 Å². The van der Waals surface area contributed by atoms with Crippen molar-refractivity contribution in [2.45, 2.75) is 13.3 Å². The second kappa shape index (κ2) is 6.22. The van der Waals surface area contributed by atoms with Gasteiger partial charge in [0.2, 0.25) is 0 Å². The molecule has 21 heavy (non-hydrogen) atoms. The van der Waals surface area contributed by atoms with Gasteiger partial charge in [0.05, 0.1) is 0 Å². The molecule has 0 saturated heterocycles. The molecule has 0 aliphatic heterocycles. The normalized spacial score (nSPS) is 10.8. The number of nitrogens with one attached hydrogen (secondary N) is 1. The summed E-state index contributed by atoms with van der Waals surface area (Å²) in [6, 6.07) is 16.3. The zero-order chi connectivity index (χ0) is 14.7. The van der Waals surface area contributed by atoms with Crippen LogP contribution in [0.3, 0.4) is 0 Å². The number of hydrogen-bond donors (Lipinski definition) is 1. The van der Waals surface area contributed by atoms with Gasteiger partial charge in [-0.25, -0.2) is 0 Å². The van der Waals surface area contributed by atoms with Gasteiger partial charge in [0.25, 0.3) is 0 Å². The van der Waals surface area contributed by atoms with Crippen LogP contribution in [0, 0.1) is 0 Å². The van der Waals surface area contributed by atoms with E-state index in [-0.39, 0.29) is 0 Å². The Balaban J connectivity index is 2.20. The Morgan fingerprint density at radius 3 is 2.43 bits per heavy atom. The molecule has 0 fully saturated rings. The van der Waals surface area contributed by atoms with Crippen molar-refractivity contribution < 1.29 is 0 Å². The second-order valence-electron chi connectivity index (χ2n) is 4.85. The molecule has 0 spiro atoms. The summed E-state index contributed by atoms with van der Waals surface area (Å²) in [7, 11) is 0. The molecule has 0 amide bonds. The van der Waals surface area contributed by atoms with E-state index in [2.05, 4.69) is 56.6 Å². The van der Waals surface area contributed by atoms with Gasteiger partial charge in [0.15, 0.2) is 5.82 Å². The van der Waals surface area contributed by atoms with Crippen LogP contribution in [0.25, 0.3) is 22.0 Å². The van der Waals surface area contributed by atoms with E-state index in [9.17, 15) is 0 Å². The Morgan fingerprint density at radius 1 is 0.952 bits per heavy atom. The van der Waals surface area contributed by atoms with Gasteiger partial charge in [0, 0.05) is 27.4 Å². The summed E-state index contributed by atoms with van der Waals surface area (Å²) < 4.78 is 1.03. The highest BCUT2D eigenvalue weighted by Crippen LogP contribution is 2.33. The van der Waals surface area contributed by atoms with E-state index in [0.717, 1.165) is 45.3 Å². The fraction of sp³-hybridized carbons (Fsp3) is 0.176. The predicted octanol–water partition coefficient (Wildman–Crippen LogP) is 4.88.